The minimum Gasteiger partial charge on any atom is -0.393 e. The van der Waals surface area contributed by atoms with Gasteiger partial charge in [-0.3, -0.25) is 0 Å². The summed E-state index contributed by atoms with van der Waals surface area (Å²) in [6, 6.07) is 0. The second-order valence-corrected chi connectivity index (χ2v) is 2.62. The quantitative estimate of drug-likeness (QED) is 0.531. The van der Waals surface area contributed by atoms with E-state index in [2.05, 4.69) is 0 Å². The van der Waals surface area contributed by atoms with E-state index in [1.165, 1.54) is 0 Å². The lowest BCUT2D eigenvalue weighted by Gasteiger charge is -1.99. The van der Waals surface area contributed by atoms with Crippen molar-refractivity contribution in [2.45, 2.75) is 5.44 Å². The van der Waals surface area contributed by atoms with Gasteiger partial charge in [-0.05, 0) is 0 Å². The van der Waals surface area contributed by atoms with Gasteiger partial charge in [0.1, 0.15) is 5.44 Å². The summed E-state index contributed by atoms with van der Waals surface area (Å²) < 4.78 is 5.02. The highest BCUT2D eigenvalue weighted by atomic mass is 32.2. The van der Waals surface area contributed by atoms with Gasteiger partial charge < -0.3 is 9.84 Å². The smallest absolute Gasteiger partial charge is 0.126 e. The van der Waals surface area contributed by atoms with E-state index in [0.29, 0.717) is 0 Å². The van der Waals surface area contributed by atoms with Crippen LogP contribution >= 0.6 is 11.8 Å². The molecule has 0 aromatic heterocycles. The first-order valence-corrected chi connectivity index (χ1v) is 3.32. The van der Waals surface area contributed by atoms with E-state index in [1.54, 1.807) is 11.8 Å². The second-order valence-electron chi connectivity index (χ2n) is 1.35. The molecule has 1 N–H and O–H groups in total. The molecule has 7 heavy (non-hydrogen) atoms. The lowest BCUT2D eigenvalue weighted by atomic mass is 10.7. The first-order valence-electron chi connectivity index (χ1n) is 2.27. The molecule has 42 valence electrons. The molecule has 0 bridgehead atoms. The van der Waals surface area contributed by atoms with Crippen molar-refractivity contribution in [3.8, 4) is 0 Å². The summed E-state index contributed by atoms with van der Waals surface area (Å²) in [6.45, 7) is 0.959. The summed E-state index contributed by atoms with van der Waals surface area (Å²) in [5.74, 6) is 1.03. The van der Waals surface area contributed by atoms with Crippen molar-refractivity contribution in [3.63, 3.8) is 0 Å². The number of hydrogen-bond donors (Lipinski definition) is 1. The van der Waals surface area contributed by atoms with Gasteiger partial charge in [0, 0.05) is 5.75 Å². The third kappa shape index (κ3) is 1.33. The number of aliphatic hydroxyl groups is 1. The Kier molecular flexibility index (Phi) is 1.97. The minimum atomic E-state index is 0.0694. The highest BCUT2D eigenvalue weighted by Crippen LogP contribution is 2.17. The molecule has 1 aliphatic heterocycles. The average molecular weight is 120 g/mol. The molecule has 1 aliphatic rings. The van der Waals surface area contributed by atoms with Crippen LogP contribution in [0.1, 0.15) is 0 Å². The molecular formula is C4H8O2S. The average Bonchev–Trinajstić information content (AvgIpc) is 2.14. The normalized spacial score (nSPS) is 31.3. The van der Waals surface area contributed by atoms with Crippen LogP contribution < -0.4 is 0 Å². The van der Waals surface area contributed by atoms with Crippen LogP contribution in [0.15, 0.2) is 0 Å². The molecular weight excluding hydrogens is 112 g/mol. The van der Waals surface area contributed by atoms with Crippen LogP contribution in [0.3, 0.4) is 0 Å². The zero-order valence-electron chi connectivity index (χ0n) is 3.96. The summed E-state index contributed by atoms with van der Waals surface area (Å²) in [4.78, 5) is 0. The van der Waals surface area contributed by atoms with Crippen LogP contribution in [0, 0.1) is 0 Å². The Morgan fingerprint density at radius 2 is 2.71 bits per heavy atom. The van der Waals surface area contributed by atoms with Gasteiger partial charge in [-0.2, -0.15) is 0 Å². The van der Waals surface area contributed by atoms with Crippen LogP contribution in [0.25, 0.3) is 0 Å². The van der Waals surface area contributed by atoms with Gasteiger partial charge in [0.15, 0.2) is 0 Å². The molecule has 1 atom stereocenters. The fourth-order valence-electron chi connectivity index (χ4n) is 0.513. The number of thioether (sulfide) groups is 1. The second kappa shape index (κ2) is 2.55. The maximum absolute atomic E-state index is 8.42. The molecule has 1 saturated heterocycles. The van der Waals surface area contributed by atoms with Gasteiger partial charge >= 0.3 is 0 Å². The van der Waals surface area contributed by atoms with E-state index in [9.17, 15) is 0 Å². The topological polar surface area (TPSA) is 29.5 Å². The summed E-state index contributed by atoms with van der Waals surface area (Å²) in [5, 5.41) is 8.42. The predicted octanol–water partition coefficient (Wildman–Crippen LogP) is 0.0682. The van der Waals surface area contributed by atoms with Crippen molar-refractivity contribution in [1.82, 2.24) is 0 Å². The first-order chi connectivity index (χ1) is 3.43. The molecule has 1 rings (SSSR count). The van der Waals surface area contributed by atoms with Crippen molar-refractivity contribution in [2.24, 2.45) is 0 Å². The zero-order valence-corrected chi connectivity index (χ0v) is 4.78. The molecule has 0 aromatic rings. The van der Waals surface area contributed by atoms with Crippen LogP contribution in [-0.2, 0) is 4.74 Å². The zero-order chi connectivity index (χ0) is 5.11. The molecule has 0 spiro atoms. The molecule has 2 nitrogen and oxygen atoms in total. The standard InChI is InChI=1S/C4H8O2S/c5-3-4-6-1-2-7-4/h4-5H,1-3H2/t4-/m1/s1. The summed E-state index contributed by atoms with van der Waals surface area (Å²) >= 11 is 1.67. The molecule has 3 heteroatoms. The summed E-state index contributed by atoms with van der Waals surface area (Å²) in [7, 11) is 0. The van der Waals surface area contributed by atoms with Crippen LogP contribution in [0.5, 0.6) is 0 Å². The number of ether oxygens (including phenoxy) is 1. The van der Waals surface area contributed by atoms with Crippen molar-refractivity contribution in [3.05, 3.63) is 0 Å². The largest absolute Gasteiger partial charge is 0.393 e. The monoisotopic (exact) mass is 120 g/mol. The Hall–Kier alpha value is 0.270. The third-order valence-electron chi connectivity index (χ3n) is 0.840. The van der Waals surface area contributed by atoms with Gasteiger partial charge in [-0.15, -0.1) is 11.8 Å². The van der Waals surface area contributed by atoms with E-state index in [1.807, 2.05) is 0 Å². The van der Waals surface area contributed by atoms with Crippen molar-refractivity contribution >= 4 is 11.8 Å². The summed E-state index contributed by atoms with van der Waals surface area (Å²) in [5.41, 5.74) is 0.0694. The van der Waals surface area contributed by atoms with E-state index >= 15 is 0 Å². The third-order valence-corrected chi connectivity index (χ3v) is 1.90. The Bertz CT molecular complexity index is 51.7. The highest BCUT2D eigenvalue weighted by molar-refractivity contribution is 8.00. The van der Waals surface area contributed by atoms with Crippen molar-refractivity contribution in [1.29, 1.82) is 0 Å². The fourth-order valence-corrected chi connectivity index (χ4v) is 1.27. The highest BCUT2D eigenvalue weighted by Gasteiger charge is 2.13. The minimum absolute atomic E-state index is 0.0694. The summed E-state index contributed by atoms with van der Waals surface area (Å²) in [6.07, 6.45) is 0. The molecule has 1 fully saturated rings. The number of hydrogen-bond acceptors (Lipinski definition) is 3. The predicted molar refractivity (Wildman–Crippen MR) is 29.3 cm³/mol. The first kappa shape index (κ1) is 5.41. The Balaban J connectivity index is 2.14. The van der Waals surface area contributed by atoms with Gasteiger partial charge in [0.05, 0.1) is 13.2 Å². The maximum Gasteiger partial charge on any atom is 0.126 e. The van der Waals surface area contributed by atoms with Gasteiger partial charge in [0.2, 0.25) is 0 Å². The van der Waals surface area contributed by atoms with Crippen molar-refractivity contribution in [2.75, 3.05) is 19.0 Å². The Labute approximate surface area is 46.9 Å². The van der Waals surface area contributed by atoms with Gasteiger partial charge in [0.25, 0.3) is 0 Å². The van der Waals surface area contributed by atoms with Gasteiger partial charge in [-0.1, -0.05) is 0 Å². The van der Waals surface area contributed by atoms with Gasteiger partial charge in [-0.25, -0.2) is 0 Å². The SMILES string of the molecule is OC[C@@H]1OCCS1. The molecule has 0 unspecified atom stereocenters. The molecule has 1 heterocycles. The number of aliphatic hydroxyl groups excluding tert-OH is 1. The fraction of sp³-hybridized carbons (Fsp3) is 1.00. The van der Waals surface area contributed by atoms with E-state index in [0.717, 1.165) is 12.4 Å². The maximum atomic E-state index is 8.42. The molecule has 0 radical (unpaired) electrons. The van der Waals surface area contributed by atoms with E-state index in [4.69, 9.17) is 9.84 Å². The lowest BCUT2D eigenvalue weighted by molar-refractivity contribution is 0.0918. The van der Waals surface area contributed by atoms with Crippen molar-refractivity contribution < 1.29 is 9.84 Å². The van der Waals surface area contributed by atoms with E-state index in [-0.39, 0.29) is 12.0 Å². The molecule has 0 aliphatic carbocycles. The van der Waals surface area contributed by atoms with Crippen LogP contribution in [0.4, 0.5) is 0 Å². The molecule has 0 aromatic carbocycles. The Morgan fingerprint density at radius 3 is 3.00 bits per heavy atom. The van der Waals surface area contributed by atoms with Crippen LogP contribution in [0.2, 0.25) is 0 Å². The Morgan fingerprint density at radius 1 is 1.86 bits per heavy atom. The lowest BCUT2D eigenvalue weighted by Crippen LogP contribution is -2.05. The van der Waals surface area contributed by atoms with E-state index < -0.39 is 0 Å². The molecule has 0 amide bonds. The molecule has 0 saturated carbocycles. The number of rotatable bonds is 1. The van der Waals surface area contributed by atoms with Crippen LogP contribution in [-0.4, -0.2) is 29.5 Å².